The molecule has 0 atom stereocenters. The predicted octanol–water partition coefficient (Wildman–Crippen LogP) is 3.04. The summed E-state index contributed by atoms with van der Waals surface area (Å²) in [5.41, 5.74) is 1.89. The molecule has 2 rings (SSSR count). The number of carbonyl (C=O) groups excluding carboxylic acids is 1. The third-order valence-corrected chi connectivity index (χ3v) is 3.09. The SMILES string of the molecule is CCOC(=O)c1cnc(-c2cncc(Br)c2)nc1CC. The van der Waals surface area contributed by atoms with Crippen LogP contribution in [0.15, 0.2) is 29.1 Å². The first-order chi connectivity index (χ1) is 9.65. The highest BCUT2D eigenvalue weighted by Crippen LogP contribution is 2.20. The minimum absolute atomic E-state index is 0.333. The number of ether oxygens (including phenoxy) is 1. The number of hydrogen-bond acceptors (Lipinski definition) is 5. The highest BCUT2D eigenvalue weighted by Gasteiger charge is 2.15. The van der Waals surface area contributed by atoms with E-state index in [4.69, 9.17) is 4.74 Å². The Morgan fingerprint density at radius 1 is 1.30 bits per heavy atom. The molecule has 0 saturated heterocycles. The van der Waals surface area contributed by atoms with Gasteiger partial charge in [0.2, 0.25) is 0 Å². The maximum atomic E-state index is 11.8. The van der Waals surface area contributed by atoms with Gasteiger partial charge in [-0.25, -0.2) is 14.8 Å². The average molecular weight is 336 g/mol. The Morgan fingerprint density at radius 3 is 2.75 bits per heavy atom. The number of halogens is 1. The third-order valence-electron chi connectivity index (χ3n) is 2.66. The summed E-state index contributed by atoms with van der Waals surface area (Å²) in [6, 6.07) is 1.88. The monoisotopic (exact) mass is 335 g/mol. The van der Waals surface area contributed by atoms with E-state index in [1.54, 1.807) is 19.3 Å². The van der Waals surface area contributed by atoms with Crippen LogP contribution in [-0.4, -0.2) is 27.5 Å². The summed E-state index contributed by atoms with van der Waals surface area (Å²) >= 11 is 3.36. The molecule has 0 N–H and O–H groups in total. The van der Waals surface area contributed by atoms with Crippen LogP contribution in [0.25, 0.3) is 11.4 Å². The molecule has 0 aliphatic rings. The molecule has 0 fully saturated rings. The molecule has 0 unspecified atom stereocenters. The molecule has 0 spiro atoms. The van der Waals surface area contributed by atoms with Crippen LogP contribution in [0.1, 0.15) is 29.9 Å². The van der Waals surface area contributed by atoms with Gasteiger partial charge in [0.05, 0.1) is 17.9 Å². The minimum Gasteiger partial charge on any atom is -0.462 e. The van der Waals surface area contributed by atoms with Crippen LogP contribution < -0.4 is 0 Å². The van der Waals surface area contributed by atoms with Crippen molar-refractivity contribution in [2.75, 3.05) is 6.61 Å². The molecule has 0 bridgehead atoms. The van der Waals surface area contributed by atoms with Gasteiger partial charge >= 0.3 is 5.97 Å². The first-order valence-corrected chi connectivity index (χ1v) is 7.09. The van der Waals surface area contributed by atoms with Crippen LogP contribution in [0.4, 0.5) is 0 Å². The lowest BCUT2D eigenvalue weighted by atomic mass is 10.1. The smallest absolute Gasteiger partial charge is 0.341 e. The van der Waals surface area contributed by atoms with Crippen LogP contribution in [0, 0.1) is 0 Å². The van der Waals surface area contributed by atoms with Crippen molar-refractivity contribution in [2.45, 2.75) is 20.3 Å². The normalized spacial score (nSPS) is 10.3. The van der Waals surface area contributed by atoms with Gasteiger partial charge in [-0.1, -0.05) is 6.92 Å². The molecular formula is C14H14BrN3O2. The fourth-order valence-electron chi connectivity index (χ4n) is 1.74. The van der Waals surface area contributed by atoms with Crippen LogP contribution in [-0.2, 0) is 11.2 Å². The molecular weight excluding hydrogens is 322 g/mol. The van der Waals surface area contributed by atoms with Crippen molar-refractivity contribution in [3.8, 4) is 11.4 Å². The molecule has 6 heteroatoms. The molecule has 20 heavy (non-hydrogen) atoms. The summed E-state index contributed by atoms with van der Waals surface area (Å²) in [6.45, 7) is 4.04. The summed E-state index contributed by atoms with van der Waals surface area (Å²) in [7, 11) is 0. The lowest BCUT2D eigenvalue weighted by Crippen LogP contribution is -2.11. The maximum absolute atomic E-state index is 11.8. The Bertz CT molecular complexity index is 632. The van der Waals surface area contributed by atoms with E-state index < -0.39 is 0 Å². The Hall–Kier alpha value is -1.82. The fourth-order valence-corrected chi connectivity index (χ4v) is 2.10. The van der Waals surface area contributed by atoms with Gasteiger partial charge in [0.25, 0.3) is 0 Å². The van der Waals surface area contributed by atoms with E-state index in [-0.39, 0.29) is 5.97 Å². The van der Waals surface area contributed by atoms with Crippen molar-refractivity contribution >= 4 is 21.9 Å². The number of esters is 1. The second-order valence-corrected chi connectivity index (χ2v) is 4.94. The molecule has 0 radical (unpaired) electrons. The zero-order chi connectivity index (χ0) is 14.5. The first kappa shape index (κ1) is 14.6. The van der Waals surface area contributed by atoms with Crippen LogP contribution in [0.2, 0.25) is 0 Å². The van der Waals surface area contributed by atoms with Gasteiger partial charge in [-0.05, 0) is 35.3 Å². The molecule has 0 aliphatic heterocycles. The van der Waals surface area contributed by atoms with Gasteiger partial charge in [-0.2, -0.15) is 0 Å². The van der Waals surface area contributed by atoms with Crippen molar-refractivity contribution in [1.29, 1.82) is 0 Å². The Balaban J connectivity index is 2.41. The molecule has 0 aromatic carbocycles. The molecule has 2 aromatic heterocycles. The molecule has 5 nitrogen and oxygen atoms in total. The van der Waals surface area contributed by atoms with Crippen molar-refractivity contribution in [3.05, 3.63) is 40.4 Å². The summed E-state index contributed by atoms with van der Waals surface area (Å²) in [5, 5.41) is 0. The maximum Gasteiger partial charge on any atom is 0.341 e. The highest BCUT2D eigenvalue weighted by atomic mass is 79.9. The molecule has 2 aromatic rings. The summed E-state index contributed by atoms with van der Waals surface area (Å²) < 4.78 is 5.85. The number of aryl methyl sites for hydroxylation is 1. The van der Waals surface area contributed by atoms with Crippen molar-refractivity contribution in [3.63, 3.8) is 0 Å². The lowest BCUT2D eigenvalue weighted by molar-refractivity contribution is 0.0524. The van der Waals surface area contributed by atoms with Crippen LogP contribution in [0.3, 0.4) is 0 Å². The second-order valence-electron chi connectivity index (χ2n) is 4.02. The Morgan fingerprint density at radius 2 is 2.10 bits per heavy atom. The van der Waals surface area contributed by atoms with E-state index in [9.17, 15) is 4.79 Å². The van der Waals surface area contributed by atoms with Crippen LogP contribution in [0.5, 0.6) is 0 Å². The molecule has 2 heterocycles. The lowest BCUT2D eigenvalue weighted by Gasteiger charge is -2.08. The quantitative estimate of drug-likeness (QED) is 0.803. The Labute approximate surface area is 125 Å². The van der Waals surface area contributed by atoms with Gasteiger partial charge in [0.15, 0.2) is 5.82 Å². The van der Waals surface area contributed by atoms with E-state index in [1.807, 2.05) is 13.0 Å². The number of aromatic nitrogens is 3. The number of carbonyl (C=O) groups is 1. The highest BCUT2D eigenvalue weighted by molar-refractivity contribution is 9.10. The summed E-state index contributed by atoms with van der Waals surface area (Å²) in [4.78, 5) is 24.6. The number of pyridine rings is 1. The number of nitrogens with zero attached hydrogens (tertiary/aromatic N) is 3. The number of hydrogen-bond donors (Lipinski definition) is 0. The summed E-state index contributed by atoms with van der Waals surface area (Å²) in [6.07, 6.45) is 5.52. The van der Waals surface area contributed by atoms with Gasteiger partial charge in [-0.15, -0.1) is 0 Å². The fraction of sp³-hybridized carbons (Fsp3) is 0.286. The van der Waals surface area contributed by atoms with Gasteiger partial charge in [-0.3, -0.25) is 4.98 Å². The average Bonchev–Trinajstić information content (AvgIpc) is 2.46. The molecule has 104 valence electrons. The predicted molar refractivity (Wildman–Crippen MR) is 78.3 cm³/mol. The van der Waals surface area contributed by atoms with Crippen molar-refractivity contribution < 1.29 is 9.53 Å². The van der Waals surface area contributed by atoms with Gasteiger partial charge in [0.1, 0.15) is 0 Å². The molecule has 0 saturated carbocycles. The van der Waals surface area contributed by atoms with Gasteiger partial charge < -0.3 is 4.74 Å². The largest absolute Gasteiger partial charge is 0.462 e. The van der Waals surface area contributed by atoms with E-state index in [2.05, 4.69) is 30.9 Å². The van der Waals surface area contributed by atoms with Crippen molar-refractivity contribution in [1.82, 2.24) is 15.0 Å². The second kappa shape index (κ2) is 6.56. The Kier molecular flexibility index (Phi) is 4.79. The van der Waals surface area contributed by atoms with E-state index in [1.165, 1.54) is 6.20 Å². The van der Waals surface area contributed by atoms with Crippen molar-refractivity contribution in [2.24, 2.45) is 0 Å². The zero-order valence-electron chi connectivity index (χ0n) is 11.3. The first-order valence-electron chi connectivity index (χ1n) is 6.29. The molecule has 0 amide bonds. The standard InChI is InChI=1S/C14H14BrN3O2/c1-3-12-11(14(19)20-4-2)8-17-13(18-12)9-5-10(15)7-16-6-9/h5-8H,3-4H2,1-2H3. The number of rotatable bonds is 4. The van der Waals surface area contributed by atoms with E-state index in [0.717, 1.165) is 10.0 Å². The topological polar surface area (TPSA) is 65.0 Å². The van der Waals surface area contributed by atoms with E-state index >= 15 is 0 Å². The summed E-state index contributed by atoms with van der Waals surface area (Å²) in [5.74, 6) is 0.159. The third kappa shape index (κ3) is 3.19. The minimum atomic E-state index is -0.386. The zero-order valence-corrected chi connectivity index (χ0v) is 12.8. The van der Waals surface area contributed by atoms with Gasteiger partial charge in [0, 0.05) is 28.6 Å². The van der Waals surface area contributed by atoms with Crippen LogP contribution >= 0.6 is 15.9 Å². The molecule has 0 aliphatic carbocycles. The van der Waals surface area contributed by atoms with E-state index in [0.29, 0.717) is 30.1 Å².